The van der Waals surface area contributed by atoms with Gasteiger partial charge in [-0.15, -0.1) is 11.3 Å². The van der Waals surface area contributed by atoms with Crippen molar-refractivity contribution in [1.29, 1.82) is 0 Å². The fourth-order valence-electron chi connectivity index (χ4n) is 2.20. The van der Waals surface area contributed by atoms with E-state index < -0.39 is 17.6 Å². The molecule has 5 nitrogen and oxygen atoms in total. The van der Waals surface area contributed by atoms with Crippen LogP contribution in [0.2, 0.25) is 0 Å². The third-order valence-corrected chi connectivity index (χ3v) is 4.77. The van der Waals surface area contributed by atoms with Gasteiger partial charge in [-0.05, 0) is 43.5 Å². The van der Waals surface area contributed by atoms with Gasteiger partial charge >= 0.3 is 0 Å². The quantitative estimate of drug-likeness (QED) is 0.839. The van der Waals surface area contributed by atoms with E-state index in [9.17, 15) is 14.0 Å². The summed E-state index contributed by atoms with van der Waals surface area (Å²) in [7, 11) is 0. The lowest BCUT2D eigenvalue weighted by Crippen LogP contribution is -2.22. The van der Waals surface area contributed by atoms with E-state index in [2.05, 4.69) is 5.32 Å². The van der Waals surface area contributed by atoms with Crippen LogP contribution >= 0.6 is 11.3 Å². The van der Waals surface area contributed by atoms with Crippen molar-refractivity contribution in [2.75, 3.05) is 11.9 Å². The number of halogens is 1. The zero-order valence-electron chi connectivity index (χ0n) is 13.7. The maximum absolute atomic E-state index is 13.8. The third kappa shape index (κ3) is 3.91. The molecular formula is C17H19FN2O3S. The average Bonchev–Trinajstić information content (AvgIpc) is 2.80. The molecule has 0 aliphatic heterocycles. The maximum Gasteiger partial charge on any atom is 0.262 e. The SMILES string of the molecule is CCc1ccc(OCC(=O)Nc2sc(C)c(C)c2C(N)=O)c(F)c1. The van der Waals surface area contributed by atoms with Crippen LogP contribution in [0.25, 0.3) is 0 Å². The van der Waals surface area contributed by atoms with Crippen LogP contribution < -0.4 is 15.8 Å². The summed E-state index contributed by atoms with van der Waals surface area (Å²) in [6.45, 7) is 5.16. The van der Waals surface area contributed by atoms with Crippen LogP contribution in [0, 0.1) is 19.7 Å². The fraction of sp³-hybridized carbons (Fsp3) is 0.294. The number of ether oxygens (including phenoxy) is 1. The molecule has 0 atom stereocenters. The highest BCUT2D eigenvalue weighted by atomic mass is 32.1. The molecule has 2 aromatic rings. The third-order valence-electron chi connectivity index (χ3n) is 3.65. The fourth-order valence-corrected chi connectivity index (χ4v) is 3.28. The van der Waals surface area contributed by atoms with Gasteiger partial charge in [0.2, 0.25) is 0 Å². The molecule has 0 unspecified atom stereocenters. The molecule has 0 fully saturated rings. The second kappa shape index (κ2) is 7.44. The van der Waals surface area contributed by atoms with Crippen molar-refractivity contribution in [1.82, 2.24) is 0 Å². The standard InChI is InChI=1S/C17H19FN2O3S/c1-4-11-5-6-13(12(18)7-11)23-8-14(21)20-17-15(16(19)22)9(2)10(3)24-17/h5-7H,4,8H2,1-3H3,(H2,19,22)(H,20,21). The first-order valence-corrected chi connectivity index (χ1v) is 8.26. The molecule has 128 valence electrons. The lowest BCUT2D eigenvalue weighted by molar-refractivity contribution is -0.118. The summed E-state index contributed by atoms with van der Waals surface area (Å²) in [6.07, 6.45) is 0.713. The van der Waals surface area contributed by atoms with Crippen molar-refractivity contribution >= 4 is 28.2 Å². The van der Waals surface area contributed by atoms with Gasteiger partial charge in [-0.25, -0.2) is 4.39 Å². The molecule has 2 rings (SSSR count). The molecule has 1 aromatic carbocycles. The van der Waals surface area contributed by atoms with Crippen LogP contribution in [0.15, 0.2) is 18.2 Å². The number of carbonyl (C=O) groups is 2. The Balaban J connectivity index is 2.04. The van der Waals surface area contributed by atoms with Gasteiger partial charge in [0.15, 0.2) is 18.2 Å². The Morgan fingerprint density at radius 3 is 2.62 bits per heavy atom. The summed E-state index contributed by atoms with van der Waals surface area (Å²) in [5, 5.41) is 2.98. The molecule has 0 radical (unpaired) electrons. The second-order valence-corrected chi connectivity index (χ2v) is 6.53. The average molecular weight is 350 g/mol. The van der Waals surface area contributed by atoms with Crippen molar-refractivity contribution in [3.63, 3.8) is 0 Å². The Kier molecular flexibility index (Phi) is 5.56. The van der Waals surface area contributed by atoms with Crippen molar-refractivity contribution in [3.05, 3.63) is 45.6 Å². The number of aryl methyl sites for hydroxylation is 2. The number of thiophene rings is 1. The predicted octanol–water partition coefficient (Wildman–Crippen LogP) is 3.18. The lowest BCUT2D eigenvalue weighted by Gasteiger charge is -2.09. The van der Waals surface area contributed by atoms with Crippen molar-refractivity contribution < 1.29 is 18.7 Å². The molecule has 0 aliphatic rings. The van der Waals surface area contributed by atoms with Gasteiger partial charge in [-0.2, -0.15) is 0 Å². The van der Waals surface area contributed by atoms with E-state index in [-0.39, 0.29) is 12.4 Å². The van der Waals surface area contributed by atoms with Gasteiger partial charge < -0.3 is 15.8 Å². The highest BCUT2D eigenvalue weighted by molar-refractivity contribution is 7.16. The Morgan fingerprint density at radius 1 is 1.33 bits per heavy atom. The maximum atomic E-state index is 13.8. The molecule has 0 spiro atoms. The Hall–Kier alpha value is -2.41. The van der Waals surface area contributed by atoms with E-state index in [0.717, 1.165) is 16.0 Å². The van der Waals surface area contributed by atoms with E-state index >= 15 is 0 Å². The number of carbonyl (C=O) groups excluding carboxylic acids is 2. The molecule has 7 heteroatoms. The largest absolute Gasteiger partial charge is 0.481 e. The Bertz CT molecular complexity index is 786. The van der Waals surface area contributed by atoms with Gasteiger partial charge in [0.25, 0.3) is 11.8 Å². The van der Waals surface area contributed by atoms with E-state index in [0.29, 0.717) is 17.0 Å². The first-order valence-electron chi connectivity index (χ1n) is 7.44. The highest BCUT2D eigenvalue weighted by Crippen LogP contribution is 2.32. The van der Waals surface area contributed by atoms with Gasteiger partial charge in [0, 0.05) is 4.88 Å². The van der Waals surface area contributed by atoms with Gasteiger partial charge in [0.05, 0.1) is 5.56 Å². The van der Waals surface area contributed by atoms with Crippen molar-refractivity contribution in [2.45, 2.75) is 27.2 Å². The van der Waals surface area contributed by atoms with Crippen LogP contribution in [0.4, 0.5) is 9.39 Å². The molecule has 2 amide bonds. The topological polar surface area (TPSA) is 81.4 Å². The van der Waals surface area contributed by atoms with Crippen LogP contribution in [0.3, 0.4) is 0 Å². The molecule has 24 heavy (non-hydrogen) atoms. The van der Waals surface area contributed by atoms with Crippen LogP contribution in [-0.4, -0.2) is 18.4 Å². The summed E-state index contributed by atoms with van der Waals surface area (Å²) in [5.74, 6) is -1.59. The van der Waals surface area contributed by atoms with Crippen molar-refractivity contribution in [3.8, 4) is 5.75 Å². The lowest BCUT2D eigenvalue weighted by atomic mass is 10.1. The number of primary amides is 1. The minimum Gasteiger partial charge on any atom is -0.481 e. The molecule has 0 saturated heterocycles. The first-order chi connectivity index (χ1) is 11.3. The molecule has 1 aromatic heterocycles. The minimum absolute atomic E-state index is 0.0102. The van der Waals surface area contributed by atoms with Crippen molar-refractivity contribution in [2.24, 2.45) is 5.73 Å². The summed E-state index contributed by atoms with van der Waals surface area (Å²) in [5.41, 5.74) is 7.24. The van der Waals surface area contributed by atoms with Crippen LogP contribution in [-0.2, 0) is 11.2 Å². The second-order valence-electron chi connectivity index (χ2n) is 5.31. The van der Waals surface area contributed by atoms with Crippen LogP contribution in [0.5, 0.6) is 5.75 Å². The van der Waals surface area contributed by atoms with Gasteiger partial charge in [0.1, 0.15) is 5.00 Å². The number of anilines is 1. The zero-order valence-corrected chi connectivity index (χ0v) is 14.6. The number of hydrogen-bond acceptors (Lipinski definition) is 4. The Morgan fingerprint density at radius 2 is 2.04 bits per heavy atom. The molecule has 1 heterocycles. The summed E-state index contributed by atoms with van der Waals surface area (Å²) in [4.78, 5) is 24.4. The van der Waals surface area contributed by atoms with Gasteiger partial charge in [-0.3, -0.25) is 9.59 Å². The highest BCUT2D eigenvalue weighted by Gasteiger charge is 2.19. The molecule has 0 aliphatic carbocycles. The van der Waals surface area contributed by atoms with Crippen LogP contribution in [0.1, 0.15) is 33.3 Å². The number of benzene rings is 1. The number of rotatable bonds is 6. The van der Waals surface area contributed by atoms with E-state index in [1.807, 2.05) is 13.8 Å². The summed E-state index contributed by atoms with van der Waals surface area (Å²) >= 11 is 1.26. The van der Waals surface area contributed by atoms with E-state index in [1.54, 1.807) is 13.0 Å². The minimum atomic E-state index is -0.603. The normalized spacial score (nSPS) is 10.5. The molecule has 3 N–H and O–H groups in total. The molecular weight excluding hydrogens is 331 g/mol. The number of hydrogen-bond donors (Lipinski definition) is 2. The van der Waals surface area contributed by atoms with E-state index in [1.165, 1.54) is 23.5 Å². The molecule has 0 bridgehead atoms. The molecule has 0 saturated carbocycles. The number of nitrogens with one attached hydrogen (secondary N) is 1. The first kappa shape index (κ1) is 17.9. The summed E-state index contributed by atoms with van der Waals surface area (Å²) < 4.78 is 19.0. The smallest absolute Gasteiger partial charge is 0.262 e. The van der Waals surface area contributed by atoms with Gasteiger partial charge in [-0.1, -0.05) is 13.0 Å². The number of amides is 2. The predicted molar refractivity (Wildman–Crippen MR) is 92.2 cm³/mol. The zero-order chi connectivity index (χ0) is 17.9. The monoisotopic (exact) mass is 350 g/mol. The number of nitrogens with two attached hydrogens (primary N) is 1. The summed E-state index contributed by atoms with van der Waals surface area (Å²) in [6, 6.07) is 4.62. The van der Waals surface area contributed by atoms with E-state index in [4.69, 9.17) is 10.5 Å². The Labute approximate surface area is 143 Å².